The Balaban J connectivity index is 2.24. The first-order valence-corrected chi connectivity index (χ1v) is 5.84. The van der Waals surface area contributed by atoms with Crippen LogP contribution in [0.4, 0.5) is 0 Å². The van der Waals surface area contributed by atoms with Gasteiger partial charge in [0.1, 0.15) is 5.75 Å². The number of aliphatic hydroxyl groups excluding tert-OH is 1. The van der Waals surface area contributed by atoms with Crippen LogP contribution in [0.5, 0.6) is 5.75 Å². The van der Waals surface area contributed by atoms with Crippen LogP contribution in [0.2, 0.25) is 0 Å². The number of benzene rings is 1. The lowest BCUT2D eigenvalue weighted by atomic mass is 10.2. The molecular weight excluding hydrogens is 234 g/mol. The van der Waals surface area contributed by atoms with Crippen LogP contribution in [0.1, 0.15) is 12.0 Å². The van der Waals surface area contributed by atoms with E-state index in [9.17, 15) is 4.79 Å². The SMILES string of the molecule is COCCCNC(=O)COc1cccc(CO)c1. The van der Waals surface area contributed by atoms with Gasteiger partial charge in [0.25, 0.3) is 5.91 Å². The molecule has 0 aliphatic carbocycles. The smallest absolute Gasteiger partial charge is 0.257 e. The Morgan fingerprint density at radius 3 is 3.00 bits per heavy atom. The molecule has 0 atom stereocenters. The Morgan fingerprint density at radius 1 is 1.44 bits per heavy atom. The Bertz CT molecular complexity index is 368. The number of nitrogens with one attached hydrogen (secondary N) is 1. The van der Waals surface area contributed by atoms with E-state index < -0.39 is 0 Å². The lowest BCUT2D eigenvalue weighted by Crippen LogP contribution is -2.30. The molecule has 1 aromatic rings. The molecule has 18 heavy (non-hydrogen) atoms. The number of methoxy groups -OCH3 is 1. The van der Waals surface area contributed by atoms with Crippen molar-refractivity contribution in [3.8, 4) is 5.75 Å². The van der Waals surface area contributed by atoms with Crippen molar-refractivity contribution in [3.63, 3.8) is 0 Å². The van der Waals surface area contributed by atoms with Gasteiger partial charge < -0.3 is 19.9 Å². The van der Waals surface area contributed by atoms with Gasteiger partial charge in [0.05, 0.1) is 6.61 Å². The largest absolute Gasteiger partial charge is 0.484 e. The Kier molecular flexibility index (Phi) is 6.83. The third-order valence-corrected chi connectivity index (χ3v) is 2.30. The molecule has 0 unspecified atom stereocenters. The summed E-state index contributed by atoms with van der Waals surface area (Å²) in [6.07, 6.45) is 0.780. The highest BCUT2D eigenvalue weighted by Crippen LogP contribution is 2.12. The fourth-order valence-corrected chi connectivity index (χ4v) is 1.38. The van der Waals surface area contributed by atoms with Gasteiger partial charge in [0, 0.05) is 20.3 Å². The zero-order chi connectivity index (χ0) is 13.2. The van der Waals surface area contributed by atoms with Crippen LogP contribution in [0.25, 0.3) is 0 Å². The van der Waals surface area contributed by atoms with E-state index in [1.807, 2.05) is 0 Å². The summed E-state index contributed by atoms with van der Waals surface area (Å²) >= 11 is 0. The number of hydrogen-bond acceptors (Lipinski definition) is 4. The van der Waals surface area contributed by atoms with Gasteiger partial charge in [-0.25, -0.2) is 0 Å². The van der Waals surface area contributed by atoms with E-state index in [-0.39, 0.29) is 19.1 Å². The third-order valence-electron chi connectivity index (χ3n) is 2.30. The minimum absolute atomic E-state index is 0.0259. The van der Waals surface area contributed by atoms with E-state index in [1.165, 1.54) is 0 Å². The molecule has 0 spiro atoms. The maximum absolute atomic E-state index is 11.4. The molecule has 0 aliphatic rings. The summed E-state index contributed by atoms with van der Waals surface area (Å²) < 4.78 is 10.2. The average Bonchev–Trinajstić information content (AvgIpc) is 2.41. The Hall–Kier alpha value is -1.59. The molecule has 1 rings (SSSR count). The van der Waals surface area contributed by atoms with Crippen molar-refractivity contribution >= 4 is 5.91 Å². The van der Waals surface area contributed by atoms with Crippen LogP contribution < -0.4 is 10.1 Å². The number of carbonyl (C=O) groups excluding carboxylic acids is 1. The topological polar surface area (TPSA) is 67.8 Å². The van der Waals surface area contributed by atoms with Crippen LogP contribution in [-0.4, -0.2) is 37.9 Å². The molecule has 0 heterocycles. The summed E-state index contributed by atoms with van der Waals surface area (Å²) in [4.78, 5) is 11.4. The fraction of sp³-hybridized carbons (Fsp3) is 0.462. The number of hydrogen-bond donors (Lipinski definition) is 2. The van der Waals surface area contributed by atoms with Crippen LogP contribution in [0, 0.1) is 0 Å². The Labute approximate surface area is 107 Å². The van der Waals surface area contributed by atoms with Crippen molar-refractivity contribution in [2.24, 2.45) is 0 Å². The van der Waals surface area contributed by atoms with E-state index in [0.29, 0.717) is 18.9 Å². The molecule has 5 heteroatoms. The fourth-order valence-electron chi connectivity index (χ4n) is 1.38. The highest BCUT2D eigenvalue weighted by atomic mass is 16.5. The first-order chi connectivity index (χ1) is 8.76. The predicted molar refractivity (Wildman–Crippen MR) is 67.4 cm³/mol. The van der Waals surface area contributed by atoms with Gasteiger partial charge in [0.2, 0.25) is 0 Å². The highest BCUT2D eigenvalue weighted by Gasteiger charge is 2.02. The molecule has 100 valence electrons. The second-order valence-corrected chi connectivity index (χ2v) is 3.79. The summed E-state index contributed by atoms with van der Waals surface area (Å²) in [6.45, 7) is 1.13. The zero-order valence-electron chi connectivity index (χ0n) is 10.5. The van der Waals surface area contributed by atoms with Gasteiger partial charge in [0.15, 0.2) is 6.61 Å². The Morgan fingerprint density at radius 2 is 2.28 bits per heavy atom. The molecule has 2 N–H and O–H groups in total. The van der Waals surface area contributed by atoms with Crippen molar-refractivity contribution in [1.29, 1.82) is 0 Å². The van der Waals surface area contributed by atoms with Crippen molar-refractivity contribution in [1.82, 2.24) is 5.32 Å². The predicted octanol–water partition coefficient (Wildman–Crippen LogP) is 0.710. The molecule has 0 aliphatic heterocycles. The second kappa shape index (κ2) is 8.49. The van der Waals surface area contributed by atoms with E-state index >= 15 is 0 Å². The molecule has 0 saturated carbocycles. The lowest BCUT2D eigenvalue weighted by molar-refractivity contribution is -0.123. The van der Waals surface area contributed by atoms with Gasteiger partial charge in [-0.2, -0.15) is 0 Å². The number of rotatable bonds is 8. The first kappa shape index (κ1) is 14.5. The van der Waals surface area contributed by atoms with Gasteiger partial charge in [-0.05, 0) is 24.1 Å². The second-order valence-electron chi connectivity index (χ2n) is 3.79. The monoisotopic (exact) mass is 253 g/mol. The standard InChI is InChI=1S/C13H19NO4/c1-17-7-3-6-14-13(16)10-18-12-5-2-4-11(8-12)9-15/h2,4-5,8,15H,3,6-7,9-10H2,1H3,(H,14,16). The summed E-state index contributed by atoms with van der Waals surface area (Å²) in [5, 5.41) is 11.7. The molecule has 1 amide bonds. The maximum Gasteiger partial charge on any atom is 0.257 e. The van der Waals surface area contributed by atoms with Gasteiger partial charge in [-0.15, -0.1) is 0 Å². The molecule has 0 aromatic heterocycles. The molecule has 5 nitrogen and oxygen atoms in total. The third kappa shape index (κ3) is 5.65. The first-order valence-electron chi connectivity index (χ1n) is 5.84. The quantitative estimate of drug-likeness (QED) is 0.670. The summed E-state index contributed by atoms with van der Waals surface area (Å²) in [6, 6.07) is 7.02. The van der Waals surface area contributed by atoms with E-state index in [4.69, 9.17) is 14.6 Å². The summed E-state index contributed by atoms with van der Waals surface area (Å²) in [5.74, 6) is 0.411. The minimum atomic E-state index is -0.166. The maximum atomic E-state index is 11.4. The lowest BCUT2D eigenvalue weighted by Gasteiger charge is -2.08. The molecule has 0 fully saturated rings. The number of carbonyl (C=O) groups is 1. The molecule has 0 radical (unpaired) electrons. The van der Waals surface area contributed by atoms with Crippen molar-refractivity contribution in [2.45, 2.75) is 13.0 Å². The van der Waals surface area contributed by atoms with Crippen molar-refractivity contribution in [3.05, 3.63) is 29.8 Å². The molecule has 0 saturated heterocycles. The van der Waals surface area contributed by atoms with E-state index in [0.717, 1.165) is 12.0 Å². The van der Waals surface area contributed by atoms with Crippen LogP contribution in [0.3, 0.4) is 0 Å². The van der Waals surface area contributed by atoms with Crippen LogP contribution in [-0.2, 0) is 16.1 Å². The van der Waals surface area contributed by atoms with Crippen LogP contribution in [0.15, 0.2) is 24.3 Å². The van der Waals surface area contributed by atoms with E-state index in [1.54, 1.807) is 31.4 Å². The zero-order valence-corrected chi connectivity index (χ0v) is 10.5. The van der Waals surface area contributed by atoms with Crippen molar-refractivity contribution in [2.75, 3.05) is 26.9 Å². The summed E-state index contributed by atoms with van der Waals surface area (Å²) in [5.41, 5.74) is 0.757. The average molecular weight is 253 g/mol. The molecule has 1 aromatic carbocycles. The van der Waals surface area contributed by atoms with Crippen LogP contribution >= 0.6 is 0 Å². The normalized spacial score (nSPS) is 10.1. The number of aliphatic hydroxyl groups is 1. The summed E-state index contributed by atoms with van der Waals surface area (Å²) in [7, 11) is 1.62. The van der Waals surface area contributed by atoms with Gasteiger partial charge >= 0.3 is 0 Å². The molecular formula is C13H19NO4. The van der Waals surface area contributed by atoms with Gasteiger partial charge in [-0.1, -0.05) is 12.1 Å². The highest BCUT2D eigenvalue weighted by molar-refractivity contribution is 5.77. The number of ether oxygens (including phenoxy) is 2. The van der Waals surface area contributed by atoms with Crippen molar-refractivity contribution < 1.29 is 19.4 Å². The minimum Gasteiger partial charge on any atom is -0.484 e. The van der Waals surface area contributed by atoms with E-state index in [2.05, 4.69) is 5.32 Å². The number of amides is 1. The van der Waals surface area contributed by atoms with Gasteiger partial charge in [-0.3, -0.25) is 4.79 Å². The molecule has 0 bridgehead atoms.